The van der Waals surface area contributed by atoms with Crippen LogP contribution in [0.4, 0.5) is 0 Å². The summed E-state index contributed by atoms with van der Waals surface area (Å²) >= 11 is 0. The van der Waals surface area contributed by atoms with Crippen molar-refractivity contribution in [1.82, 2.24) is 0 Å². The molecule has 4 nitrogen and oxygen atoms in total. The minimum Gasteiger partial charge on any atom is -0.373 e. The molecule has 0 bridgehead atoms. The molecule has 1 aromatic rings. The van der Waals surface area contributed by atoms with Gasteiger partial charge in [0, 0.05) is 24.7 Å². The SMILES string of the molecule is CCC(=O)C[C@H]1O[C@H](C#N)C[C@@H](OCc2ccccc2)C1(C)C. The molecule has 2 rings (SSSR count). The van der Waals surface area contributed by atoms with Gasteiger partial charge in [0.1, 0.15) is 11.9 Å². The molecule has 0 radical (unpaired) electrons. The topological polar surface area (TPSA) is 59.3 Å². The highest BCUT2D eigenvalue weighted by Gasteiger charge is 2.46. The monoisotopic (exact) mass is 315 g/mol. The van der Waals surface area contributed by atoms with Gasteiger partial charge in [0.25, 0.3) is 0 Å². The lowest BCUT2D eigenvalue weighted by Crippen LogP contribution is -2.51. The second-order valence-corrected chi connectivity index (χ2v) is 6.68. The predicted octanol–water partition coefficient (Wildman–Crippen LogP) is 3.65. The highest BCUT2D eigenvalue weighted by molar-refractivity contribution is 5.78. The zero-order valence-corrected chi connectivity index (χ0v) is 14.1. The van der Waals surface area contributed by atoms with Gasteiger partial charge in [0.2, 0.25) is 0 Å². The number of benzene rings is 1. The molecule has 0 unspecified atom stereocenters. The van der Waals surface area contributed by atoms with E-state index in [1.54, 1.807) is 0 Å². The van der Waals surface area contributed by atoms with E-state index in [0.29, 0.717) is 25.9 Å². The van der Waals surface area contributed by atoms with Gasteiger partial charge in [-0.05, 0) is 5.56 Å². The van der Waals surface area contributed by atoms with Gasteiger partial charge in [-0.25, -0.2) is 0 Å². The van der Waals surface area contributed by atoms with E-state index in [1.807, 2.05) is 37.3 Å². The van der Waals surface area contributed by atoms with Crippen LogP contribution in [0.3, 0.4) is 0 Å². The Bertz CT molecular complexity index is 562. The van der Waals surface area contributed by atoms with Gasteiger partial charge in [-0.1, -0.05) is 51.1 Å². The van der Waals surface area contributed by atoms with Gasteiger partial charge >= 0.3 is 0 Å². The van der Waals surface area contributed by atoms with E-state index in [0.717, 1.165) is 5.56 Å². The Morgan fingerprint density at radius 1 is 1.39 bits per heavy atom. The predicted molar refractivity (Wildman–Crippen MR) is 87.6 cm³/mol. The summed E-state index contributed by atoms with van der Waals surface area (Å²) in [7, 11) is 0. The number of carbonyl (C=O) groups excluding carboxylic acids is 1. The Morgan fingerprint density at radius 3 is 2.70 bits per heavy atom. The zero-order valence-electron chi connectivity index (χ0n) is 14.1. The third-order valence-electron chi connectivity index (χ3n) is 4.66. The van der Waals surface area contributed by atoms with Crippen LogP contribution in [0.5, 0.6) is 0 Å². The van der Waals surface area contributed by atoms with E-state index in [-0.39, 0.29) is 23.4 Å². The highest BCUT2D eigenvalue weighted by atomic mass is 16.5. The number of nitriles is 1. The van der Waals surface area contributed by atoms with Crippen molar-refractivity contribution in [2.24, 2.45) is 5.41 Å². The van der Waals surface area contributed by atoms with Crippen LogP contribution in [-0.4, -0.2) is 24.1 Å². The van der Waals surface area contributed by atoms with Crippen LogP contribution in [-0.2, 0) is 20.9 Å². The quantitative estimate of drug-likeness (QED) is 0.804. The summed E-state index contributed by atoms with van der Waals surface area (Å²) in [6, 6.07) is 12.2. The highest BCUT2D eigenvalue weighted by Crippen LogP contribution is 2.40. The van der Waals surface area contributed by atoms with Crippen LogP contribution < -0.4 is 0 Å². The first kappa shape index (κ1) is 17.7. The van der Waals surface area contributed by atoms with E-state index < -0.39 is 6.10 Å². The molecule has 1 heterocycles. The fourth-order valence-corrected chi connectivity index (χ4v) is 2.93. The number of carbonyl (C=O) groups is 1. The molecule has 1 fully saturated rings. The standard InChI is InChI=1S/C19H25NO3/c1-4-15(21)10-18-19(2,3)17(11-16(12-20)23-18)22-13-14-8-6-5-7-9-14/h5-9,16-18H,4,10-11,13H2,1-3H3/t16-,17+,18+/m0/s1. The van der Waals surface area contributed by atoms with Crippen molar-refractivity contribution in [3.63, 3.8) is 0 Å². The third-order valence-corrected chi connectivity index (χ3v) is 4.66. The number of hydrogen-bond donors (Lipinski definition) is 0. The molecule has 23 heavy (non-hydrogen) atoms. The van der Waals surface area contributed by atoms with Gasteiger partial charge in [-0.2, -0.15) is 5.26 Å². The van der Waals surface area contributed by atoms with Crippen molar-refractivity contribution < 1.29 is 14.3 Å². The minimum atomic E-state index is -0.515. The lowest BCUT2D eigenvalue weighted by atomic mass is 9.74. The second kappa shape index (κ2) is 7.72. The third kappa shape index (κ3) is 4.40. The maximum absolute atomic E-state index is 11.8. The number of hydrogen-bond acceptors (Lipinski definition) is 4. The van der Waals surface area contributed by atoms with Gasteiger partial charge in [0.05, 0.1) is 24.9 Å². The Kier molecular flexibility index (Phi) is 5.92. The molecule has 0 spiro atoms. The van der Waals surface area contributed by atoms with E-state index in [1.165, 1.54) is 0 Å². The van der Waals surface area contributed by atoms with Crippen molar-refractivity contribution in [1.29, 1.82) is 5.26 Å². The molecule has 1 saturated heterocycles. The fraction of sp³-hybridized carbons (Fsp3) is 0.579. The summed E-state index contributed by atoms with van der Waals surface area (Å²) in [5, 5.41) is 9.26. The number of rotatable bonds is 6. The second-order valence-electron chi connectivity index (χ2n) is 6.68. The maximum Gasteiger partial charge on any atom is 0.146 e. The van der Waals surface area contributed by atoms with Crippen LogP contribution in [0.1, 0.15) is 45.6 Å². The van der Waals surface area contributed by atoms with E-state index in [4.69, 9.17) is 9.47 Å². The molecule has 1 aromatic carbocycles. The van der Waals surface area contributed by atoms with Gasteiger partial charge in [-0.15, -0.1) is 0 Å². The maximum atomic E-state index is 11.8. The number of nitrogens with zero attached hydrogens (tertiary/aromatic N) is 1. The van der Waals surface area contributed by atoms with Gasteiger partial charge < -0.3 is 9.47 Å². The van der Waals surface area contributed by atoms with Gasteiger partial charge in [0.15, 0.2) is 0 Å². The lowest BCUT2D eigenvalue weighted by molar-refractivity contribution is -0.183. The Balaban J connectivity index is 2.09. The minimum absolute atomic E-state index is 0.115. The zero-order chi connectivity index (χ0) is 16.9. The first-order chi connectivity index (χ1) is 11.0. The Morgan fingerprint density at radius 2 is 2.09 bits per heavy atom. The molecule has 3 atom stereocenters. The first-order valence-corrected chi connectivity index (χ1v) is 8.19. The summed E-state index contributed by atoms with van der Waals surface area (Å²) in [5.74, 6) is 0.156. The smallest absolute Gasteiger partial charge is 0.146 e. The molecule has 0 saturated carbocycles. The first-order valence-electron chi connectivity index (χ1n) is 8.19. The van der Waals surface area contributed by atoms with Crippen LogP contribution >= 0.6 is 0 Å². The molecular weight excluding hydrogens is 290 g/mol. The molecular formula is C19H25NO3. The summed E-state index contributed by atoms with van der Waals surface area (Å²) in [6.07, 6.45) is 0.450. The molecule has 0 amide bonds. The average Bonchev–Trinajstić information content (AvgIpc) is 2.56. The molecule has 4 heteroatoms. The number of ketones is 1. The number of Topliss-reactive ketones (excluding diaryl/α,β-unsaturated/α-hetero) is 1. The van der Waals surface area contributed by atoms with E-state index in [2.05, 4.69) is 19.9 Å². The van der Waals surface area contributed by atoms with Crippen molar-refractivity contribution in [3.05, 3.63) is 35.9 Å². The van der Waals surface area contributed by atoms with Crippen molar-refractivity contribution in [2.45, 2.75) is 65.0 Å². The van der Waals surface area contributed by atoms with E-state index in [9.17, 15) is 10.1 Å². The molecule has 0 N–H and O–H groups in total. The fourth-order valence-electron chi connectivity index (χ4n) is 2.93. The van der Waals surface area contributed by atoms with Crippen LogP contribution in [0.25, 0.3) is 0 Å². The largest absolute Gasteiger partial charge is 0.373 e. The summed E-state index contributed by atoms with van der Waals surface area (Å²) < 4.78 is 12.0. The van der Waals surface area contributed by atoms with Crippen LogP contribution in [0, 0.1) is 16.7 Å². The van der Waals surface area contributed by atoms with Crippen LogP contribution in [0.15, 0.2) is 30.3 Å². The molecule has 0 aromatic heterocycles. The average molecular weight is 315 g/mol. The van der Waals surface area contributed by atoms with Crippen molar-refractivity contribution in [2.75, 3.05) is 0 Å². The van der Waals surface area contributed by atoms with E-state index >= 15 is 0 Å². The molecule has 124 valence electrons. The summed E-state index contributed by atoms with van der Waals surface area (Å²) in [4.78, 5) is 11.8. The molecule has 1 aliphatic rings. The van der Waals surface area contributed by atoms with Gasteiger partial charge in [-0.3, -0.25) is 4.79 Å². The Hall–Kier alpha value is -1.70. The lowest BCUT2D eigenvalue weighted by Gasteiger charge is -2.46. The number of ether oxygens (including phenoxy) is 2. The van der Waals surface area contributed by atoms with Crippen molar-refractivity contribution >= 4 is 5.78 Å². The Labute approximate surface area is 138 Å². The van der Waals surface area contributed by atoms with Crippen molar-refractivity contribution in [3.8, 4) is 6.07 Å². The summed E-state index contributed by atoms with van der Waals surface area (Å²) in [5.41, 5.74) is 0.789. The molecule has 1 aliphatic heterocycles. The normalized spacial score (nSPS) is 26.4. The molecule has 0 aliphatic carbocycles. The van der Waals surface area contributed by atoms with Crippen LogP contribution in [0.2, 0.25) is 0 Å². The summed E-state index contributed by atoms with van der Waals surface area (Å²) in [6.45, 7) is 6.47.